The summed E-state index contributed by atoms with van der Waals surface area (Å²) in [5.41, 5.74) is 3.63. The van der Waals surface area contributed by atoms with E-state index in [1.165, 1.54) is 0 Å². The van der Waals surface area contributed by atoms with Crippen molar-refractivity contribution in [3.05, 3.63) is 16.9 Å². The van der Waals surface area contributed by atoms with Crippen LogP contribution in [0.3, 0.4) is 0 Å². The summed E-state index contributed by atoms with van der Waals surface area (Å²) in [5, 5.41) is 4.82. The van der Waals surface area contributed by atoms with E-state index in [1.54, 1.807) is 13.3 Å². The molecule has 1 unspecified atom stereocenters. The minimum atomic E-state index is -0.0802. The van der Waals surface area contributed by atoms with Crippen LogP contribution >= 0.6 is 11.6 Å². The monoisotopic (exact) mass is 276 g/mol. The summed E-state index contributed by atoms with van der Waals surface area (Å²) < 4.78 is 12.2. The molecule has 1 aromatic heterocycles. The number of ether oxygens (including phenoxy) is 2. The molecular formula is C11H21ClN4O2. The van der Waals surface area contributed by atoms with Crippen molar-refractivity contribution in [3.63, 3.8) is 0 Å². The Morgan fingerprint density at radius 3 is 2.94 bits per heavy atom. The minimum Gasteiger partial charge on any atom is -0.383 e. The average molecular weight is 277 g/mol. The molecule has 18 heavy (non-hydrogen) atoms. The zero-order valence-corrected chi connectivity index (χ0v) is 11.6. The van der Waals surface area contributed by atoms with Crippen molar-refractivity contribution in [2.75, 3.05) is 26.9 Å². The molecule has 0 fully saturated rings. The lowest BCUT2D eigenvalue weighted by Crippen LogP contribution is -2.31. The maximum absolute atomic E-state index is 6.15. The highest BCUT2D eigenvalue weighted by Crippen LogP contribution is 2.24. The molecular weight excluding hydrogens is 256 g/mol. The lowest BCUT2D eigenvalue weighted by molar-refractivity contribution is 0.134. The number of aromatic nitrogens is 2. The Balaban J connectivity index is 2.73. The van der Waals surface area contributed by atoms with Crippen LogP contribution in [0, 0.1) is 0 Å². The molecule has 7 heteroatoms. The number of hydrogen-bond donors (Lipinski definition) is 2. The Morgan fingerprint density at radius 1 is 1.56 bits per heavy atom. The molecule has 1 rings (SSSR count). The van der Waals surface area contributed by atoms with Crippen LogP contribution in [0.1, 0.15) is 25.1 Å². The van der Waals surface area contributed by atoms with Gasteiger partial charge in [0.25, 0.3) is 0 Å². The first-order valence-electron chi connectivity index (χ1n) is 5.98. The molecule has 0 aromatic carbocycles. The number of nitrogens with zero attached hydrogens (tertiary/aromatic N) is 2. The molecule has 104 valence electrons. The van der Waals surface area contributed by atoms with E-state index in [9.17, 15) is 0 Å². The second kappa shape index (κ2) is 8.44. The SMILES string of the molecule is CCOCCC(NN)c1c(Cl)cnn1CCOC. The summed E-state index contributed by atoms with van der Waals surface area (Å²) >= 11 is 6.15. The van der Waals surface area contributed by atoms with Gasteiger partial charge in [0.05, 0.1) is 36.1 Å². The molecule has 1 heterocycles. The van der Waals surface area contributed by atoms with E-state index in [1.807, 2.05) is 11.6 Å². The molecule has 0 aliphatic heterocycles. The van der Waals surface area contributed by atoms with Gasteiger partial charge in [-0.25, -0.2) is 0 Å². The Hall–Kier alpha value is -0.660. The van der Waals surface area contributed by atoms with Crippen molar-refractivity contribution >= 4 is 11.6 Å². The lowest BCUT2D eigenvalue weighted by Gasteiger charge is -2.18. The van der Waals surface area contributed by atoms with E-state index in [0.717, 1.165) is 12.1 Å². The first kappa shape index (κ1) is 15.4. The second-order valence-corrected chi connectivity index (χ2v) is 4.21. The van der Waals surface area contributed by atoms with Crippen LogP contribution in [0.2, 0.25) is 5.02 Å². The van der Waals surface area contributed by atoms with Crippen LogP contribution < -0.4 is 11.3 Å². The van der Waals surface area contributed by atoms with Gasteiger partial charge in [-0.3, -0.25) is 16.0 Å². The maximum Gasteiger partial charge on any atom is 0.0834 e. The fourth-order valence-corrected chi connectivity index (χ4v) is 1.99. The summed E-state index contributed by atoms with van der Waals surface area (Å²) in [4.78, 5) is 0. The number of methoxy groups -OCH3 is 1. The van der Waals surface area contributed by atoms with E-state index in [2.05, 4.69) is 10.5 Å². The van der Waals surface area contributed by atoms with E-state index in [4.69, 9.17) is 26.9 Å². The van der Waals surface area contributed by atoms with Crippen molar-refractivity contribution in [2.24, 2.45) is 5.84 Å². The third-order valence-corrected chi connectivity index (χ3v) is 2.92. The molecule has 1 aromatic rings. The number of hydrazine groups is 1. The Morgan fingerprint density at radius 2 is 2.33 bits per heavy atom. The van der Waals surface area contributed by atoms with Gasteiger partial charge in [-0.05, 0) is 13.3 Å². The molecule has 0 radical (unpaired) electrons. The van der Waals surface area contributed by atoms with Crippen LogP contribution in [-0.4, -0.2) is 36.7 Å². The van der Waals surface area contributed by atoms with Gasteiger partial charge in [-0.2, -0.15) is 5.10 Å². The molecule has 0 bridgehead atoms. The van der Waals surface area contributed by atoms with Gasteiger partial charge in [0, 0.05) is 20.3 Å². The van der Waals surface area contributed by atoms with Gasteiger partial charge in [-0.15, -0.1) is 0 Å². The van der Waals surface area contributed by atoms with Crippen molar-refractivity contribution < 1.29 is 9.47 Å². The first-order chi connectivity index (χ1) is 8.74. The number of nitrogens with one attached hydrogen (secondary N) is 1. The fourth-order valence-electron chi connectivity index (χ4n) is 1.72. The number of rotatable bonds is 9. The molecule has 0 saturated carbocycles. The largest absolute Gasteiger partial charge is 0.383 e. The Bertz CT molecular complexity index is 346. The molecule has 0 saturated heterocycles. The van der Waals surface area contributed by atoms with Crippen LogP contribution in [-0.2, 0) is 16.0 Å². The van der Waals surface area contributed by atoms with E-state index in [-0.39, 0.29) is 6.04 Å². The van der Waals surface area contributed by atoms with Crippen molar-refractivity contribution in [1.29, 1.82) is 0 Å². The third-order valence-electron chi connectivity index (χ3n) is 2.63. The minimum absolute atomic E-state index is 0.0802. The smallest absolute Gasteiger partial charge is 0.0834 e. The molecule has 1 atom stereocenters. The summed E-state index contributed by atoms with van der Waals surface area (Å²) in [5.74, 6) is 5.58. The van der Waals surface area contributed by atoms with Crippen molar-refractivity contribution in [3.8, 4) is 0 Å². The van der Waals surface area contributed by atoms with Crippen LogP contribution in [0.15, 0.2) is 6.20 Å². The normalized spacial score (nSPS) is 12.9. The van der Waals surface area contributed by atoms with Crippen molar-refractivity contribution in [1.82, 2.24) is 15.2 Å². The Labute approximate surface area is 112 Å². The molecule has 0 aliphatic carbocycles. The quantitative estimate of drug-likeness (QED) is 0.402. The average Bonchev–Trinajstić information content (AvgIpc) is 2.74. The molecule has 0 spiro atoms. The number of nitrogens with two attached hydrogens (primary N) is 1. The van der Waals surface area contributed by atoms with Crippen LogP contribution in [0.5, 0.6) is 0 Å². The van der Waals surface area contributed by atoms with Gasteiger partial charge in [0.15, 0.2) is 0 Å². The van der Waals surface area contributed by atoms with Crippen LogP contribution in [0.4, 0.5) is 0 Å². The predicted molar refractivity (Wildman–Crippen MR) is 70.3 cm³/mol. The van der Waals surface area contributed by atoms with Crippen molar-refractivity contribution in [2.45, 2.75) is 25.9 Å². The third kappa shape index (κ3) is 4.22. The zero-order chi connectivity index (χ0) is 13.4. The van der Waals surface area contributed by atoms with Crippen LogP contribution in [0.25, 0.3) is 0 Å². The fraction of sp³-hybridized carbons (Fsp3) is 0.727. The van der Waals surface area contributed by atoms with Gasteiger partial charge >= 0.3 is 0 Å². The van der Waals surface area contributed by atoms with Gasteiger partial charge in [0.1, 0.15) is 0 Å². The summed E-state index contributed by atoms with van der Waals surface area (Å²) in [7, 11) is 1.65. The lowest BCUT2D eigenvalue weighted by atomic mass is 10.1. The Kier molecular flexibility index (Phi) is 7.22. The highest BCUT2D eigenvalue weighted by Gasteiger charge is 2.19. The standard InChI is InChI=1S/C11H21ClN4O2/c1-3-18-6-4-10(15-13)11-9(12)8-14-16(11)5-7-17-2/h8,10,15H,3-7,13H2,1-2H3. The number of halogens is 1. The van der Waals surface area contributed by atoms with Gasteiger partial charge in [-0.1, -0.05) is 11.6 Å². The van der Waals surface area contributed by atoms with E-state index < -0.39 is 0 Å². The molecule has 0 amide bonds. The highest BCUT2D eigenvalue weighted by molar-refractivity contribution is 6.31. The van der Waals surface area contributed by atoms with Gasteiger partial charge in [0.2, 0.25) is 0 Å². The molecule has 0 aliphatic rings. The second-order valence-electron chi connectivity index (χ2n) is 3.80. The van der Waals surface area contributed by atoms with Gasteiger partial charge < -0.3 is 9.47 Å². The highest BCUT2D eigenvalue weighted by atomic mass is 35.5. The summed E-state index contributed by atoms with van der Waals surface area (Å²) in [6.07, 6.45) is 2.36. The topological polar surface area (TPSA) is 74.3 Å². The summed E-state index contributed by atoms with van der Waals surface area (Å²) in [6, 6.07) is -0.0802. The summed E-state index contributed by atoms with van der Waals surface area (Å²) in [6.45, 7) is 4.49. The maximum atomic E-state index is 6.15. The zero-order valence-electron chi connectivity index (χ0n) is 10.9. The number of hydrogen-bond acceptors (Lipinski definition) is 5. The first-order valence-corrected chi connectivity index (χ1v) is 6.36. The van der Waals surface area contributed by atoms with E-state index in [0.29, 0.717) is 31.4 Å². The predicted octanol–water partition coefficient (Wildman–Crippen LogP) is 1.11. The van der Waals surface area contributed by atoms with E-state index >= 15 is 0 Å². The molecule has 6 nitrogen and oxygen atoms in total. The molecule has 3 N–H and O–H groups in total.